The van der Waals surface area contributed by atoms with Gasteiger partial charge in [0.1, 0.15) is 0 Å². The summed E-state index contributed by atoms with van der Waals surface area (Å²) in [6, 6.07) is 7.56. The van der Waals surface area contributed by atoms with E-state index in [2.05, 4.69) is 19.7 Å². The molecule has 1 aromatic carbocycles. The predicted octanol–water partition coefficient (Wildman–Crippen LogP) is 4.23. The highest BCUT2D eigenvalue weighted by molar-refractivity contribution is 8.00. The summed E-state index contributed by atoms with van der Waals surface area (Å²) in [5.74, 6) is 1.07. The number of aromatic nitrogens is 3. The number of Topliss-reactive ketones (excluding diaryl/α,β-unsaturated/α-hetero) is 1. The molecule has 2 aliphatic rings. The van der Waals surface area contributed by atoms with Gasteiger partial charge >= 0.3 is 0 Å². The third-order valence-electron chi connectivity index (χ3n) is 4.73. The molecule has 0 radical (unpaired) electrons. The van der Waals surface area contributed by atoms with Gasteiger partial charge in [0, 0.05) is 29.7 Å². The molecule has 2 aromatic rings. The van der Waals surface area contributed by atoms with E-state index in [1.165, 1.54) is 37.4 Å². The molecule has 5 nitrogen and oxygen atoms in total. The number of halogens is 1. The lowest BCUT2D eigenvalue weighted by molar-refractivity contribution is 0.0994. The minimum Gasteiger partial charge on any atom is -0.341 e. The van der Waals surface area contributed by atoms with E-state index in [0.717, 1.165) is 24.2 Å². The van der Waals surface area contributed by atoms with Crippen LogP contribution in [0.3, 0.4) is 0 Å². The van der Waals surface area contributed by atoms with Gasteiger partial charge < -0.3 is 4.90 Å². The van der Waals surface area contributed by atoms with Gasteiger partial charge in [0.2, 0.25) is 5.95 Å². The van der Waals surface area contributed by atoms with Crippen molar-refractivity contribution in [3.05, 3.63) is 34.9 Å². The normalized spacial score (nSPS) is 18.6. The number of rotatable bonds is 6. The van der Waals surface area contributed by atoms with Crippen LogP contribution in [0.15, 0.2) is 29.4 Å². The number of thioether (sulfide) groups is 1. The highest BCUT2D eigenvalue weighted by atomic mass is 35.5. The van der Waals surface area contributed by atoms with Crippen molar-refractivity contribution in [2.45, 2.75) is 49.1 Å². The summed E-state index contributed by atoms with van der Waals surface area (Å²) in [5, 5.41) is 10.1. The fraction of sp³-hybridized carbons (Fsp3) is 0.500. The maximum Gasteiger partial charge on any atom is 0.228 e. The van der Waals surface area contributed by atoms with Crippen LogP contribution < -0.4 is 4.90 Å². The topological polar surface area (TPSA) is 51.0 Å². The Hall–Kier alpha value is -1.53. The SMILES string of the molecule is CC(Sc1nnc(N2CCCC2)n1C1CC1)C(=O)c1ccc(Cl)cc1. The Morgan fingerprint density at radius 3 is 2.52 bits per heavy atom. The number of anilines is 1. The molecule has 1 aliphatic heterocycles. The van der Waals surface area contributed by atoms with Crippen molar-refractivity contribution >= 4 is 35.1 Å². The second-order valence-corrected chi connectivity index (χ2v) is 8.45. The lowest BCUT2D eigenvalue weighted by Crippen LogP contribution is -2.22. The van der Waals surface area contributed by atoms with Crippen LogP contribution in [0.2, 0.25) is 5.02 Å². The third-order valence-corrected chi connectivity index (χ3v) is 6.04. The van der Waals surface area contributed by atoms with Crippen LogP contribution in [-0.4, -0.2) is 38.9 Å². The molecule has 1 aromatic heterocycles. The molecule has 132 valence electrons. The number of nitrogens with zero attached hydrogens (tertiary/aromatic N) is 4. The first kappa shape index (κ1) is 16.9. The van der Waals surface area contributed by atoms with E-state index in [0.29, 0.717) is 16.6 Å². The molecule has 4 rings (SSSR count). The number of carbonyl (C=O) groups is 1. The Bertz CT molecular complexity index is 766. The molecule has 1 aliphatic carbocycles. The minimum absolute atomic E-state index is 0.0923. The van der Waals surface area contributed by atoms with Gasteiger partial charge in [-0.2, -0.15) is 0 Å². The summed E-state index contributed by atoms with van der Waals surface area (Å²) in [5.41, 5.74) is 0.682. The average Bonchev–Trinajstić information content (AvgIpc) is 3.14. The largest absolute Gasteiger partial charge is 0.341 e. The smallest absolute Gasteiger partial charge is 0.228 e. The minimum atomic E-state index is -0.214. The Morgan fingerprint density at radius 2 is 1.88 bits per heavy atom. The van der Waals surface area contributed by atoms with Crippen LogP contribution in [0.4, 0.5) is 5.95 Å². The molecule has 25 heavy (non-hydrogen) atoms. The van der Waals surface area contributed by atoms with E-state index in [1.54, 1.807) is 24.3 Å². The van der Waals surface area contributed by atoms with Gasteiger partial charge in [-0.1, -0.05) is 23.4 Å². The molecule has 7 heteroatoms. The van der Waals surface area contributed by atoms with Gasteiger partial charge in [-0.15, -0.1) is 10.2 Å². The van der Waals surface area contributed by atoms with Crippen LogP contribution >= 0.6 is 23.4 Å². The number of benzene rings is 1. The van der Waals surface area contributed by atoms with Crippen LogP contribution in [-0.2, 0) is 0 Å². The molecular weight excluding hydrogens is 356 g/mol. The van der Waals surface area contributed by atoms with E-state index in [-0.39, 0.29) is 11.0 Å². The summed E-state index contributed by atoms with van der Waals surface area (Å²) >= 11 is 7.42. The average molecular weight is 377 g/mol. The van der Waals surface area contributed by atoms with Crippen molar-refractivity contribution in [1.29, 1.82) is 0 Å². The van der Waals surface area contributed by atoms with E-state index in [4.69, 9.17) is 11.6 Å². The summed E-state index contributed by atoms with van der Waals surface area (Å²) in [6.07, 6.45) is 4.77. The fourth-order valence-electron chi connectivity index (χ4n) is 3.20. The summed E-state index contributed by atoms with van der Waals surface area (Å²) in [6.45, 7) is 4.03. The zero-order valence-corrected chi connectivity index (χ0v) is 15.8. The molecule has 0 N–H and O–H groups in total. The van der Waals surface area contributed by atoms with Crippen LogP contribution in [0.25, 0.3) is 0 Å². The van der Waals surface area contributed by atoms with E-state index in [1.807, 2.05) is 6.92 Å². The zero-order valence-electron chi connectivity index (χ0n) is 14.2. The monoisotopic (exact) mass is 376 g/mol. The van der Waals surface area contributed by atoms with Gasteiger partial charge in [-0.3, -0.25) is 9.36 Å². The summed E-state index contributed by atoms with van der Waals surface area (Å²) in [4.78, 5) is 15.0. The number of ketones is 1. The maximum atomic E-state index is 12.7. The maximum absolute atomic E-state index is 12.7. The Kier molecular flexibility index (Phi) is 4.73. The van der Waals surface area contributed by atoms with Crippen molar-refractivity contribution in [2.24, 2.45) is 0 Å². The Balaban J connectivity index is 1.53. The van der Waals surface area contributed by atoms with Crippen molar-refractivity contribution in [1.82, 2.24) is 14.8 Å². The summed E-state index contributed by atoms with van der Waals surface area (Å²) < 4.78 is 2.25. The molecule has 2 heterocycles. The molecule has 1 unspecified atom stereocenters. The molecule has 1 saturated heterocycles. The number of hydrogen-bond acceptors (Lipinski definition) is 5. The molecule has 1 saturated carbocycles. The molecule has 0 spiro atoms. The van der Waals surface area contributed by atoms with E-state index >= 15 is 0 Å². The quantitative estimate of drug-likeness (QED) is 0.557. The molecule has 0 amide bonds. The number of hydrogen-bond donors (Lipinski definition) is 0. The van der Waals surface area contributed by atoms with Gasteiger partial charge in [0.05, 0.1) is 5.25 Å². The van der Waals surface area contributed by atoms with E-state index < -0.39 is 0 Å². The first-order valence-corrected chi connectivity index (χ1v) is 10.1. The van der Waals surface area contributed by atoms with Crippen molar-refractivity contribution < 1.29 is 4.79 Å². The van der Waals surface area contributed by atoms with Gasteiger partial charge in [-0.25, -0.2) is 0 Å². The highest BCUT2D eigenvalue weighted by Crippen LogP contribution is 2.42. The molecule has 2 fully saturated rings. The standard InChI is InChI=1S/C18H21ClN4OS/c1-12(16(24)13-4-6-14(19)7-5-13)25-18-21-20-17(22-10-2-3-11-22)23(18)15-8-9-15/h4-7,12,15H,2-3,8-11H2,1H3. The van der Waals surface area contributed by atoms with E-state index in [9.17, 15) is 4.79 Å². The van der Waals surface area contributed by atoms with Gasteiger partial charge in [0.15, 0.2) is 10.9 Å². The first-order chi connectivity index (χ1) is 12.1. The lowest BCUT2D eigenvalue weighted by atomic mass is 10.1. The van der Waals surface area contributed by atoms with Crippen molar-refractivity contribution in [3.8, 4) is 0 Å². The Morgan fingerprint density at radius 1 is 1.20 bits per heavy atom. The second kappa shape index (κ2) is 7.00. The number of carbonyl (C=O) groups excluding carboxylic acids is 1. The van der Waals surface area contributed by atoms with Crippen molar-refractivity contribution in [2.75, 3.05) is 18.0 Å². The fourth-order valence-corrected chi connectivity index (χ4v) is 4.31. The van der Waals surface area contributed by atoms with Crippen LogP contribution in [0.1, 0.15) is 49.0 Å². The first-order valence-electron chi connectivity index (χ1n) is 8.80. The van der Waals surface area contributed by atoms with Crippen LogP contribution in [0.5, 0.6) is 0 Å². The Labute approximate surface area is 156 Å². The second-order valence-electron chi connectivity index (χ2n) is 6.71. The van der Waals surface area contributed by atoms with Gasteiger partial charge in [0.25, 0.3) is 0 Å². The predicted molar refractivity (Wildman–Crippen MR) is 101 cm³/mol. The summed E-state index contributed by atoms with van der Waals surface area (Å²) in [7, 11) is 0. The van der Waals surface area contributed by atoms with Crippen LogP contribution in [0, 0.1) is 0 Å². The third kappa shape index (κ3) is 3.55. The molecule has 0 bridgehead atoms. The molecular formula is C18H21ClN4OS. The zero-order chi connectivity index (χ0) is 17.4. The highest BCUT2D eigenvalue weighted by Gasteiger charge is 2.33. The molecule has 1 atom stereocenters. The van der Waals surface area contributed by atoms with Gasteiger partial charge in [-0.05, 0) is 56.9 Å². The van der Waals surface area contributed by atoms with Crippen molar-refractivity contribution in [3.63, 3.8) is 0 Å². The lowest BCUT2D eigenvalue weighted by Gasteiger charge is -2.18.